The van der Waals surface area contributed by atoms with Crippen molar-refractivity contribution in [1.82, 2.24) is 4.98 Å². The minimum Gasteiger partial charge on any atom is -0.329 e. The summed E-state index contributed by atoms with van der Waals surface area (Å²) in [5.74, 6) is -0.369. The Balaban J connectivity index is 2.28. The highest BCUT2D eigenvalue weighted by Crippen LogP contribution is 2.26. The zero-order valence-electron chi connectivity index (χ0n) is 9.45. The molecule has 17 heavy (non-hydrogen) atoms. The predicted molar refractivity (Wildman–Crippen MR) is 66.5 cm³/mol. The van der Waals surface area contributed by atoms with Gasteiger partial charge in [0.1, 0.15) is 5.82 Å². The van der Waals surface area contributed by atoms with Gasteiger partial charge in [-0.1, -0.05) is 23.5 Å². The summed E-state index contributed by atoms with van der Waals surface area (Å²) in [6, 6.07) is 6.35. The second-order valence-corrected chi connectivity index (χ2v) is 4.59. The van der Waals surface area contributed by atoms with E-state index >= 15 is 0 Å². The van der Waals surface area contributed by atoms with E-state index in [-0.39, 0.29) is 11.6 Å². The highest BCUT2D eigenvalue weighted by molar-refractivity contribution is 7.17. The van der Waals surface area contributed by atoms with Gasteiger partial charge >= 0.3 is 0 Å². The van der Waals surface area contributed by atoms with Crippen molar-refractivity contribution in [2.75, 3.05) is 5.32 Å². The van der Waals surface area contributed by atoms with E-state index in [4.69, 9.17) is 0 Å². The van der Waals surface area contributed by atoms with Crippen LogP contribution >= 0.6 is 11.3 Å². The van der Waals surface area contributed by atoms with E-state index in [0.29, 0.717) is 21.4 Å². The highest BCUT2D eigenvalue weighted by atomic mass is 32.1. The zero-order valence-corrected chi connectivity index (χ0v) is 10.3. The molecule has 0 atom stereocenters. The van der Waals surface area contributed by atoms with Gasteiger partial charge in [0.25, 0.3) is 0 Å². The molecule has 0 amide bonds. The van der Waals surface area contributed by atoms with Crippen molar-refractivity contribution < 1.29 is 9.18 Å². The molecule has 0 fully saturated rings. The molecule has 0 aliphatic heterocycles. The maximum Gasteiger partial charge on any atom is 0.188 e. The first-order chi connectivity index (χ1) is 8.08. The molecule has 0 aliphatic carbocycles. The minimum absolute atomic E-state index is 0.0263. The molecule has 0 saturated carbocycles. The average molecular weight is 250 g/mol. The Labute approximate surface area is 102 Å². The van der Waals surface area contributed by atoms with Gasteiger partial charge < -0.3 is 5.32 Å². The number of hydrogen-bond acceptors (Lipinski definition) is 4. The van der Waals surface area contributed by atoms with Gasteiger partial charge in [0.2, 0.25) is 0 Å². The number of benzene rings is 1. The first kappa shape index (κ1) is 11.7. The van der Waals surface area contributed by atoms with Gasteiger partial charge in [-0.25, -0.2) is 9.37 Å². The van der Waals surface area contributed by atoms with Crippen molar-refractivity contribution in [3.05, 3.63) is 40.7 Å². The number of nitrogens with zero attached hydrogens (tertiary/aromatic N) is 1. The zero-order chi connectivity index (χ0) is 12.4. The molecule has 88 valence electrons. The normalized spacial score (nSPS) is 10.3. The lowest BCUT2D eigenvalue weighted by atomic mass is 10.3. The van der Waals surface area contributed by atoms with Crippen molar-refractivity contribution in [2.24, 2.45) is 0 Å². The number of nitrogens with one attached hydrogen (secondary N) is 1. The number of para-hydroxylation sites is 1. The molecule has 2 rings (SSSR count). The molecule has 0 unspecified atom stereocenters. The van der Waals surface area contributed by atoms with Crippen molar-refractivity contribution >= 4 is 27.9 Å². The Morgan fingerprint density at radius 1 is 1.41 bits per heavy atom. The maximum atomic E-state index is 13.4. The Morgan fingerprint density at radius 3 is 2.71 bits per heavy atom. The fourth-order valence-corrected chi connectivity index (χ4v) is 2.33. The summed E-state index contributed by atoms with van der Waals surface area (Å²) in [5.41, 5.74) is 1.03. The lowest BCUT2D eigenvalue weighted by Gasteiger charge is -2.02. The van der Waals surface area contributed by atoms with Crippen LogP contribution in [0.5, 0.6) is 0 Å². The molecule has 0 saturated heterocycles. The van der Waals surface area contributed by atoms with E-state index in [9.17, 15) is 9.18 Å². The summed E-state index contributed by atoms with van der Waals surface area (Å²) in [7, 11) is 0. The van der Waals surface area contributed by atoms with Crippen LogP contribution in [0.4, 0.5) is 15.2 Å². The minimum atomic E-state index is -0.343. The number of aryl methyl sites for hydroxylation is 1. The Bertz CT molecular complexity index is 565. The van der Waals surface area contributed by atoms with E-state index in [1.165, 1.54) is 24.3 Å². The fraction of sp³-hybridized carbons (Fsp3) is 0.167. The number of rotatable bonds is 3. The first-order valence-electron chi connectivity index (χ1n) is 5.08. The summed E-state index contributed by atoms with van der Waals surface area (Å²) < 4.78 is 13.4. The molecule has 0 radical (unpaired) electrons. The molecule has 2 aromatic rings. The van der Waals surface area contributed by atoms with Gasteiger partial charge in [0.15, 0.2) is 10.9 Å². The number of Topliss-reactive ketones (excluding diaryl/α,β-unsaturated/α-hetero) is 1. The number of carbonyl (C=O) groups is 1. The van der Waals surface area contributed by atoms with Crippen LogP contribution in [-0.2, 0) is 0 Å². The van der Waals surface area contributed by atoms with Crippen LogP contribution in [-0.4, -0.2) is 10.8 Å². The molecule has 1 heterocycles. The van der Waals surface area contributed by atoms with Gasteiger partial charge in [-0.2, -0.15) is 0 Å². The summed E-state index contributed by atoms with van der Waals surface area (Å²) in [4.78, 5) is 16.1. The van der Waals surface area contributed by atoms with Crippen molar-refractivity contribution in [1.29, 1.82) is 0 Å². The smallest absolute Gasteiger partial charge is 0.188 e. The molecule has 0 spiro atoms. The van der Waals surface area contributed by atoms with Crippen LogP contribution in [0.2, 0.25) is 0 Å². The predicted octanol–water partition coefficient (Wildman–Crippen LogP) is 3.54. The molecular weight excluding hydrogens is 239 g/mol. The third kappa shape index (κ3) is 2.50. The van der Waals surface area contributed by atoms with E-state index in [2.05, 4.69) is 10.3 Å². The Hall–Kier alpha value is -1.75. The van der Waals surface area contributed by atoms with Crippen LogP contribution in [0, 0.1) is 12.7 Å². The van der Waals surface area contributed by atoms with E-state index in [1.807, 2.05) is 0 Å². The number of halogens is 1. The molecule has 1 N–H and O–H groups in total. The van der Waals surface area contributed by atoms with Crippen LogP contribution < -0.4 is 5.32 Å². The average Bonchev–Trinajstić information content (AvgIpc) is 2.63. The number of ketones is 1. The molecule has 1 aromatic heterocycles. The topological polar surface area (TPSA) is 42.0 Å². The summed E-state index contributed by atoms with van der Waals surface area (Å²) in [6.07, 6.45) is 0. The quantitative estimate of drug-likeness (QED) is 0.847. The van der Waals surface area contributed by atoms with Crippen LogP contribution in [0.15, 0.2) is 24.3 Å². The molecule has 0 aliphatic rings. The molecular formula is C12H11FN2OS. The van der Waals surface area contributed by atoms with Crippen LogP contribution in [0.1, 0.15) is 22.3 Å². The van der Waals surface area contributed by atoms with Gasteiger partial charge in [0.05, 0.1) is 16.3 Å². The number of carbonyl (C=O) groups excluding carboxylic acids is 1. The third-order valence-electron chi connectivity index (χ3n) is 2.23. The second-order valence-electron chi connectivity index (χ2n) is 3.59. The number of thiazole rings is 1. The molecule has 1 aromatic carbocycles. The van der Waals surface area contributed by atoms with Gasteiger partial charge in [0, 0.05) is 6.92 Å². The third-order valence-corrected chi connectivity index (χ3v) is 3.41. The Morgan fingerprint density at radius 2 is 2.12 bits per heavy atom. The summed E-state index contributed by atoms with van der Waals surface area (Å²) in [5, 5.41) is 3.39. The fourth-order valence-electron chi connectivity index (χ4n) is 1.45. The van der Waals surface area contributed by atoms with E-state index < -0.39 is 0 Å². The van der Waals surface area contributed by atoms with Crippen LogP contribution in [0.3, 0.4) is 0 Å². The van der Waals surface area contributed by atoms with Gasteiger partial charge in [-0.05, 0) is 19.1 Å². The Kier molecular flexibility index (Phi) is 3.19. The highest BCUT2D eigenvalue weighted by Gasteiger charge is 2.12. The molecule has 3 nitrogen and oxygen atoms in total. The summed E-state index contributed by atoms with van der Waals surface area (Å²) >= 11 is 1.23. The lowest BCUT2D eigenvalue weighted by molar-refractivity contribution is 0.102. The van der Waals surface area contributed by atoms with E-state index in [0.717, 1.165) is 0 Å². The van der Waals surface area contributed by atoms with Crippen LogP contribution in [0.25, 0.3) is 0 Å². The van der Waals surface area contributed by atoms with Gasteiger partial charge in [-0.15, -0.1) is 0 Å². The van der Waals surface area contributed by atoms with Crippen molar-refractivity contribution in [3.8, 4) is 0 Å². The molecule has 5 heteroatoms. The number of hydrogen-bond donors (Lipinski definition) is 1. The summed E-state index contributed by atoms with van der Waals surface area (Å²) in [6.45, 7) is 3.26. The number of aromatic nitrogens is 1. The second kappa shape index (κ2) is 4.63. The first-order valence-corrected chi connectivity index (χ1v) is 5.89. The van der Waals surface area contributed by atoms with Crippen molar-refractivity contribution in [2.45, 2.75) is 13.8 Å². The van der Waals surface area contributed by atoms with Gasteiger partial charge in [-0.3, -0.25) is 4.79 Å². The SMILES string of the molecule is CC(=O)c1sc(Nc2ccccc2F)nc1C. The molecule has 0 bridgehead atoms. The number of anilines is 2. The van der Waals surface area contributed by atoms with E-state index in [1.54, 1.807) is 25.1 Å². The monoisotopic (exact) mass is 250 g/mol. The van der Waals surface area contributed by atoms with Crippen molar-refractivity contribution in [3.63, 3.8) is 0 Å². The largest absolute Gasteiger partial charge is 0.329 e. The maximum absolute atomic E-state index is 13.4. The lowest BCUT2D eigenvalue weighted by Crippen LogP contribution is -1.92. The standard InChI is InChI=1S/C12H11FN2OS/c1-7-11(8(2)16)17-12(14-7)15-10-6-4-3-5-9(10)13/h3-6H,1-2H3,(H,14,15).